The van der Waals surface area contributed by atoms with Crippen LogP contribution in [-0.4, -0.2) is 35.9 Å². The largest absolute Gasteiger partial charge is 0.396 e. The van der Waals surface area contributed by atoms with Crippen LogP contribution in [0.5, 0.6) is 0 Å². The van der Waals surface area contributed by atoms with Gasteiger partial charge in [-0.25, -0.2) is 8.78 Å². The Morgan fingerprint density at radius 3 is 2.90 bits per heavy atom. The van der Waals surface area contributed by atoms with Gasteiger partial charge in [0.15, 0.2) is 5.82 Å². The number of benzene rings is 1. The quantitative estimate of drug-likeness (QED) is 0.718. The molecule has 1 aromatic carbocycles. The van der Waals surface area contributed by atoms with Crippen molar-refractivity contribution < 1.29 is 23.4 Å². The van der Waals surface area contributed by atoms with Gasteiger partial charge in [-0.15, -0.1) is 0 Å². The fraction of sp³-hybridized carbons (Fsp3) is 0.462. The average Bonchev–Trinajstić information content (AvgIpc) is 2.72. The smallest absolute Gasteiger partial charge is 0.254 e. The molecule has 20 heavy (non-hydrogen) atoms. The number of rotatable bonds is 3. The van der Waals surface area contributed by atoms with E-state index in [0.29, 0.717) is 13.0 Å². The van der Waals surface area contributed by atoms with Gasteiger partial charge in [0.05, 0.1) is 17.4 Å². The van der Waals surface area contributed by atoms with Crippen LogP contribution in [0.2, 0.25) is 0 Å². The van der Waals surface area contributed by atoms with Crippen LogP contribution in [0.1, 0.15) is 23.7 Å². The third-order valence-electron chi connectivity index (χ3n) is 3.52. The molecule has 5 nitrogen and oxygen atoms in total. The predicted molar refractivity (Wildman–Crippen MR) is 68.1 cm³/mol. The number of amides is 1. The summed E-state index contributed by atoms with van der Waals surface area (Å²) in [6, 6.07) is 1.56. The Labute approximate surface area is 114 Å². The Morgan fingerprint density at radius 2 is 2.30 bits per heavy atom. The summed E-state index contributed by atoms with van der Waals surface area (Å²) in [5.41, 5.74) is 3.13. The third-order valence-corrected chi connectivity index (χ3v) is 3.52. The van der Waals surface area contributed by atoms with Gasteiger partial charge in [-0.3, -0.25) is 4.79 Å². The molecular formula is C13H16F2N2O3. The van der Waals surface area contributed by atoms with E-state index in [0.717, 1.165) is 12.1 Å². The minimum Gasteiger partial charge on any atom is -0.396 e. The minimum absolute atomic E-state index is 0.108. The molecule has 1 saturated heterocycles. The highest BCUT2D eigenvalue weighted by molar-refractivity contribution is 5.95. The minimum atomic E-state index is -1.20. The molecule has 1 aliphatic rings. The van der Waals surface area contributed by atoms with Gasteiger partial charge >= 0.3 is 0 Å². The molecule has 2 atom stereocenters. The summed E-state index contributed by atoms with van der Waals surface area (Å²) in [5, 5.41) is 12.6. The number of aliphatic hydroxyl groups is 1. The van der Waals surface area contributed by atoms with E-state index < -0.39 is 40.5 Å². The highest BCUT2D eigenvalue weighted by atomic mass is 19.1. The van der Waals surface area contributed by atoms with Crippen molar-refractivity contribution in [1.29, 1.82) is 0 Å². The van der Waals surface area contributed by atoms with Crippen LogP contribution in [0.3, 0.4) is 0 Å². The van der Waals surface area contributed by atoms with Crippen LogP contribution in [0.4, 0.5) is 14.5 Å². The fourth-order valence-corrected chi connectivity index (χ4v) is 2.11. The maximum Gasteiger partial charge on any atom is 0.254 e. The molecule has 1 aliphatic heterocycles. The van der Waals surface area contributed by atoms with E-state index in [1.807, 2.05) is 0 Å². The summed E-state index contributed by atoms with van der Waals surface area (Å²) in [6.07, 6.45) is -0.0763. The van der Waals surface area contributed by atoms with Gasteiger partial charge in [-0.1, -0.05) is 0 Å². The van der Waals surface area contributed by atoms with Crippen LogP contribution in [0.15, 0.2) is 12.1 Å². The molecule has 0 aromatic heterocycles. The fourth-order valence-electron chi connectivity index (χ4n) is 2.11. The Balaban J connectivity index is 2.09. The van der Waals surface area contributed by atoms with E-state index in [1.54, 1.807) is 6.92 Å². The second-order valence-electron chi connectivity index (χ2n) is 4.91. The number of carbonyl (C=O) groups is 1. The van der Waals surface area contributed by atoms with Gasteiger partial charge < -0.3 is 20.9 Å². The van der Waals surface area contributed by atoms with Crippen molar-refractivity contribution in [2.75, 3.05) is 18.9 Å². The summed E-state index contributed by atoms with van der Waals surface area (Å²) in [5.74, 6) is -2.61. The zero-order valence-electron chi connectivity index (χ0n) is 11.0. The molecule has 7 heteroatoms. The number of nitrogens with two attached hydrogens (primary N) is 1. The van der Waals surface area contributed by atoms with Crippen molar-refractivity contribution >= 4 is 11.6 Å². The number of nitrogen functional groups attached to an aromatic ring is 1. The molecule has 0 bridgehead atoms. The highest BCUT2D eigenvalue weighted by Gasteiger charge is 2.39. The molecule has 2 rings (SSSR count). The van der Waals surface area contributed by atoms with Crippen LogP contribution in [0, 0.1) is 11.6 Å². The molecule has 0 aliphatic carbocycles. The van der Waals surface area contributed by atoms with Crippen molar-refractivity contribution in [2.45, 2.75) is 25.0 Å². The van der Waals surface area contributed by atoms with Crippen LogP contribution >= 0.6 is 0 Å². The molecule has 0 spiro atoms. The lowest BCUT2D eigenvalue weighted by Gasteiger charge is -2.26. The second-order valence-corrected chi connectivity index (χ2v) is 4.91. The van der Waals surface area contributed by atoms with Gasteiger partial charge in [0.2, 0.25) is 0 Å². The van der Waals surface area contributed by atoms with Crippen LogP contribution in [-0.2, 0) is 4.74 Å². The molecule has 0 saturated carbocycles. The van der Waals surface area contributed by atoms with E-state index in [9.17, 15) is 18.7 Å². The lowest BCUT2D eigenvalue weighted by Crippen LogP contribution is -2.47. The molecule has 1 aromatic rings. The first-order valence-corrected chi connectivity index (χ1v) is 6.20. The predicted octanol–water partition coefficient (Wildman–Crippen LogP) is 0.817. The average molecular weight is 286 g/mol. The summed E-state index contributed by atoms with van der Waals surface area (Å²) in [7, 11) is 0. The standard InChI is InChI=1S/C13H16F2N2O3/c1-7-13(19,2-3-20-7)6-17-12(18)9-4-8(14)5-10(16)11(9)15/h4-5,7,19H,2-3,6,16H2,1H3,(H,17,18). The molecular weight excluding hydrogens is 270 g/mol. The zero-order valence-corrected chi connectivity index (χ0v) is 11.0. The van der Waals surface area contributed by atoms with Crippen molar-refractivity contribution in [3.8, 4) is 0 Å². The monoisotopic (exact) mass is 286 g/mol. The van der Waals surface area contributed by atoms with Crippen molar-refractivity contribution in [1.82, 2.24) is 5.32 Å². The van der Waals surface area contributed by atoms with Gasteiger partial charge in [-0.05, 0) is 19.1 Å². The van der Waals surface area contributed by atoms with E-state index in [2.05, 4.69) is 5.32 Å². The number of halogens is 2. The van der Waals surface area contributed by atoms with Gasteiger partial charge in [-0.2, -0.15) is 0 Å². The first-order valence-electron chi connectivity index (χ1n) is 6.20. The molecule has 0 radical (unpaired) electrons. The van der Waals surface area contributed by atoms with Crippen LogP contribution < -0.4 is 11.1 Å². The van der Waals surface area contributed by atoms with Gasteiger partial charge in [0.25, 0.3) is 5.91 Å². The van der Waals surface area contributed by atoms with Crippen molar-refractivity contribution in [3.05, 3.63) is 29.3 Å². The summed E-state index contributed by atoms with van der Waals surface area (Å²) < 4.78 is 32.0. The summed E-state index contributed by atoms with van der Waals surface area (Å²) in [6.45, 7) is 1.96. The number of hydrogen-bond donors (Lipinski definition) is 3. The number of hydrogen-bond acceptors (Lipinski definition) is 4. The molecule has 1 fully saturated rings. The maximum absolute atomic E-state index is 13.7. The first kappa shape index (κ1) is 14.7. The first-order chi connectivity index (χ1) is 9.33. The lowest BCUT2D eigenvalue weighted by molar-refractivity contribution is -0.0251. The summed E-state index contributed by atoms with van der Waals surface area (Å²) in [4.78, 5) is 11.9. The third kappa shape index (κ3) is 2.73. The Hall–Kier alpha value is -1.73. The lowest BCUT2D eigenvalue weighted by atomic mass is 9.96. The molecule has 2 unspecified atom stereocenters. The van der Waals surface area contributed by atoms with E-state index in [-0.39, 0.29) is 6.54 Å². The molecule has 1 heterocycles. The van der Waals surface area contributed by atoms with Crippen LogP contribution in [0.25, 0.3) is 0 Å². The molecule has 4 N–H and O–H groups in total. The molecule has 110 valence electrons. The second kappa shape index (κ2) is 5.34. The number of anilines is 1. The van der Waals surface area contributed by atoms with Gasteiger partial charge in [0, 0.05) is 19.6 Å². The Morgan fingerprint density at radius 1 is 1.60 bits per heavy atom. The van der Waals surface area contributed by atoms with E-state index in [1.165, 1.54) is 0 Å². The van der Waals surface area contributed by atoms with E-state index in [4.69, 9.17) is 10.5 Å². The molecule has 1 amide bonds. The number of nitrogens with one attached hydrogen (secondary N) is 1. The maximum atomic E-state index is 13.7. The van der Waals surface area contributed by atoms with Gasteiger partial charge in [0.1, 0.15) is 11.4 Å². The highest BCUT2D eigenvalue weighted by Crippen LogP contribution is 2.25. The Kier molecular flexibility index (Phi) is 3.92. The van der Waals surface area contributed by atoms with E-state index >= 15 is 0 Å². The Bertz CT molecular complexity index is 539. The topological polar surface area (TPSA) is 84.6 Å². The normalized spacial score (nSPS) is 25.7. The summed E-state index contributed by atoms with van der Waals surface area (Å²) >= 11 is 0. The number of ether oxygens (including phenoxy) is 1. The zero-order chi connectivity index (χ0) is 14.9. The number of carbonyl (C=O) groups excluding carboxylic acids is 1. The van der Waals surface area contributed by atoms with Crippen molar-refractivity contribution in [3.63, 3.8) is 0 Å². The van der Waals surface area contributed by atoms with Crippen molar-refractivity contribution in [2.24, 2.45) is 0 Å². The SMILES string of the molecule is CC1OCCC1(O)CNC(=O)c1cc(F)cc(N)c1F.